The smallest absolute Gasteiger partial charge is 0.306 e. The van der Waals surface area contributed by atoms with Crippen LogP contribution in [0.4, 0.5) is 0 Å². The maximum absolute atomic E-state index is 12.7. The number of ether oxygens (including phenoxy) is 2. The molecule has 10 heteroatoms. The molecule has 0 heterocycles. The molecule has 0 aliphatic rings. The number of quaternary nitrogens is 1. The minimum atomic E-state index is -4.63. The van der Waals surface area contributed by atoms with E-state index in [1.165, 1.54) is 161 Å². The summed E-state index contributed by atoms with van der Waals surface area (Å²) in [7, 11) is 1.16. The van der Waals surface area contributed by atoms with Crippen LogP contribution in [0.5, 0.6) is 0 Å². The number of rotatable bonds is 46. The average Bonchev–Trinajstić information content (AvgIpc) is 3.20. The van der Waals surface area contributed by atoms with Gasteiger partial charge in [0.25, 0.3) is 7.82 Å². The maximum Gasteiger partial charge on any atom is 0.306 e. The third kappa shape index (κ3) is 46.0. The van der Waals surface area contributed by atoms with E-state index in [9.17, 15) is 19.0 Å². The van der Waals surface area contributed by atoms with E-state index in [2.05, 4.69) is 38.2 Å². The van der Waals surface area contributed by atoms with Gasteiger partial charge in [-0.15, -0.1) is 0 Å². The number of hydrogen-bond donors (Lipinski definition) is 0. The molecular weight excluding hydrogens is 774 g/mol. The second-order valence-electron chi connectivity index (χ2n) is 18.2. The fourth-order valence-corrected chi connectivity index (χ4v) is 7.78. The second kappa shape index (κ2) is 42.8. The van der Waals surface area contributed by atoms with Gasteiger partial charge in [-0.2, -0.15) is 0 Å². The minimum Gasteiger partial charge on any atom is -0.756 e. The number of carbonyl (C=O) groups is 2. The van der Waals surface area contributed by atoms with E-state index in [1.807, 2.05) is 21.1 Å². The van der Waals surface area contributed by atoms with Crippen molar-refractivity contribution < 1.29 is 42.1 Å². The van der Waals surface area contributed by atoms with Crippen LogP contribution >= 0.6 is 7.82 Å². The number of likely N-dealkylation sites (N-methyl/N-ethyl adjacent to an activating group) is 1. The first-order valence-electron chi connectivity index (χ1n) is 25.0. The van der Waals surface area contributed by atoms with Crippen molar-refractivity contribution in [2.75, 3.05) is 47.5 Å². The molecule has 0 fully saturated rings. The number of carbonyl (C=O) groups excluding carboxylic acids is 2. The summed E-state index contributed by atoms with van der Waals surface area (Å²) in [6.07, 6.45) is 47.9. The zero-order chi connectivity index (χ0) is 44.3. The maximum atomic E-state index is 12.7. The Morgan fingerprint density at radius 2 is 0.917 bits per heavy atom. The van der Waals surface area contributed by atoms with Crippen LogP contribution in [-0.4, -0.2) is 70.0 Å². The van der Waals surface area contributed by atoms with Gasteiger partial charge in [0, 0.05) is 12.8 Å². The van der Waals surface area contributed by atoms with Crippen LogP contribution in [0.25, 0.3) is 0 Å². The number of phosphoric acid groups is 1. The first-order chi connectivity index (χ1) is 29.0. The number of phosphoric ester groups is 1. The van der Waals surface area contributed by atoms with Crippen LogP contribution in [-0.2, 0) is 32.7 Å². The van der Waals surface area contributed by atoms with Gasteiger partial charge in [-0.3, -0.25) is 14.2 Å². The fraction of sp³-hybridized carbons (Fsp3) is 0.880. The normalized spacial score (nSPS) is 13.6. The molecule has 0 aromatic rings. The van der Waals surface area contributed by atoms with Crippen molar-refractivity contribution in [3.05, 3.63) is 24.3 Å². The number of allylic oxidation sites excluding steroid dienone is 4. The van der Waals surface area contributed by atoms with Gasteiger partial charge in [0.15, 0.2) is 6.10 Å². The van der Waals surface area contributed by atoms with E-state index < -0.39 is 32.5 Å². The summed E-state index contributed by atoms with van der Waals surface area (Å²) < 4.78 is 34.0. The lowest BCUT2D eigenvalue weighted by Gasteiger charge is -2.28. The number of nitrogens with zero attached hydrogens (tertiary/aromatic N) is 1. The second-order valence-corrected chi connectivity index (χ2v) is 19.6. The molecule has 0 rings (SSSR count). The molecule has 60 heavy (non-hydrogen) atoms. The van der Waals surface area contributed by atoms with Crippen LogP contribution in [0.15, 0.2) is 24.3 Å². The highest BCUT2D eigenvalue weighted by molar-refractivity contribution is 7.45. The standard InChI is InChI=1S/C50H96NO8P/c1-6-8-10-12-14-16-18-20-22-24-25-27-29-31-33-35-37-39-41-43-50(53)59-48(47-58-60(54,55)57-45-44-51(3,4)5)46-56-49(52)42-40-38-36-34-32-30-28-26-23-21-19-17-15-13-11-9-7-2/h28,30,34,36,48H,6-27,29,31-33,35,37-47H2,1-5H3/b30-28+,36-34+/t48-/m1/s1. The Bertz CT molecular complexity index is 1070. The van der Waals surface area contributed by atoms with E-state index in [1.54, 1.807) is 0 Å². The Morgan fingerprint density at radius 1 is 0.517 bits per heavy atom. The number of unbranched alkanes of at least 4 members (excludes halogenated alkanes) is 28. The van der Waals surface area contributed by atoms with Crippen molar-refractivity contribution in [1.82, 2.24) is 0 Å². The Labute approximate surface area is 370 Å². The molecule has 0 saturated heterocycles. The predicted molar refractivity (Wildman–Crippen MR) is 250 cm³/mol. The summed E-state index contributed by atoms with van der Waals surface area (Å²) in [6.45, 7) is 4.22. The Balaban J connectivity index is 4.30. The van der Waals surface area contributed by atoms with Gasteiger partial charge in [0.2, 0.25) is 0 Å². The highest BCUT2D eigenvalue weighted by Gasteiger charge is 2.21. The molecule has 1 unspecified atom stereocenters. The van der Waals surface area contributed by atoms with Gasteiger partial charge < -0.3 is 27.9 Å². The van der Waals surface area contributed by atoms with Crippen molar-refractivity contribution in [3.8, 4) is 0 Å². The lowest BCUT2D eigenvalue weighted by atomic mass is 10.0. The monoisotopic (exact) mass is 870 g/mol. The SMILES string of the molecule is CCCCCCCCCCC/C=C/C/C=C/CCCC(=O)OC[C@H](COP(=O)([O-])OCC[N+](C)(C)C)OC(=O)CCCCCCCCCCCCCCCCCCCCC. The third-order valence-electron chi connectivity index (χ3n) is 11.0. The summed E-state index contributed by atoms with van der Waals surface area (Å²) in [5.74, 6) is -0.876. The van der Waals surface area contributed by atoms with E-state index in [0.717, 1.165) is 32.1 Å². The zero-order valence-corrected chi connectivity index (χ0v) is 40.8. The van der Waals surface area contributed by atoms with Gasteiger partial charge in [0.05, 0.1) is 27.7 Å². The van der Waals surface area contributed by atoms with Gasteiger partial charge in [-0.1, -0.05) is 205 Å². The molecule has 0 spiro atoms. The molecule has 0 bridgehead atoms. The Hall–Kier alpha value is -1.51. The van der Waals surface area contributed by atoms with Gasteiger partial charge >= 0.3 is 11.9 Å². The summed E-state index contributed by atoms with van der Waals surface area (Å²) in [4.78, 5) is 37.6. The number of esters is 2. The van der Waals surface area contributed by atoms with E-state index in [-0.39, 0.29) is 26.1 Å². The van der Waals surface area contributed by atoms with Gasteiger partial charge in [-0.25, -0.2) is 0 Å². The van der Waals surface area contributed by atoms with Crippen LogP contribution < -0.4 is 4.89 Å². The summed E-state index contributed by atoms with van der Waals surface area (Å²) in [6, 6.07) is 0. The van der Waals surface area contributed by atoms with Crippen LogP contribution in [0, 0.1) is 0 Å². The molecule has 0 aromatic carbocycles. The quantitative estimate of drug-likeness (QED) is 0.0195. The predicted octanol–water partition coefficient (Wildman–Crippen LogP) is 14.1. The summed E-state index contributed by atoms with van der Waals surface area (Å²) in [5.41, 5.74) is 0. The van der Waals surface area contributed by atoms with Gasteiger partial charge in [0.1, 0.15) is 19.8 Å². The zero-order valence-electron chi connectivity index (χ0n) is 39.9. The molecule has 0 saturated carbocycles. The number of hydrogen-bond acceptors (Lipinski definition) is 8. The lowest BCUT2D eigenvalue weighted by Crippen LogP contribution is -2.37. The fourth-order valence-electron chi connectivity index (χ4n) is 7.05. The summed E-state index contributed by atoms with van der Waals surface area (Å²) in [5, 5.41) is 0. The molecule has 0 radical (unpaired) electrons. The first kappa shape index (κ1) is 58.5. The van der Waals surface area contributed by atoms with Crippen molar-refractivity contribution in [1.29, 1.82) is 0 Å². The first-order valence-corrected chi connectivity index (χ1v) is 26.5. The Morgan fingerprint density at radius 3 is 1.37 bits per heavy atom. The van der Waals surface area contributed by atoms with Crippen LogP contribution in [0.1, 0.15) is 232 Å². The average molecular weight is 870 g/mol. The molecule has 0 amide bonds. The highest BCUT2D eigenvalue weighted by Crippen LogP contribution is 2.38. The van der Waals surface area contributed by atoms with Crippen LogP contribution in [0.2, 0.25) is 0 Å². The molecule has 0 aliphatic carbocycles. The van der Waals surface area contributed by atoms with E-state index in [0.29, 0.717) is 23.9 Å². The molecule has 2 atom stereocenters. The highest BCUT2D eigenvalue weighted by atomic mass is 31.2. The van der Waals surface area contributed by atoms with Crippen molar-refractivity contribution in [3.63, 3.8) is 0 Å². The Kier molecular flexibility index (Phi) is 41.7. The summed E-state index contributed by atoms with van der Waals surface area (Å²) >= 11 is 0. The van der Waals surface area contributed by atoms with E-state index >= 15 is 0 Å². The topological polar surface area (TPSA) is 111 Å². The van der Waals surface area contributed by atoms with Gasteiger partial charge in [-0.05, 0) is 38.5 Å². The third-order valence-corrected chi connectivity index (χ3v) is 11.9. The van der Waals surface area contributed by atoms with Crippen LogP contribution in [0.3, 0.4) is 0 Å². The molecule has 0 aliphatic heterocycles. The van der Waals surface area contributed by atoms with Crippen molar-refractivity contribution in [2.45, 2.75) is 238 Å². The minimum absolute atomic E-state index is 0.0345. The lowest BCUT2D eigenvalue weighted by molar-refractivity contribution is -0.870. The molecule has 0 N–H and O–H groups in total. The van der Waals surface area contributed by atoms with Crippen molar-refractivity contribution >= 4 is 19.8 Å². The van der Waals surface area contributed by atoms with E-state index in [4.69, 9.17) is 18.5 Å². The molecular formula is C50H96NO8P. The molecule has 9 nitrogen and oxygen atoms in total. The van der Waals surface area contributed by atoms with Crippen molar-refractivity contribution in [2.24, 2.45) is 0 Å². The molecule has 0 aromatic heterocycles. The largest absolute Gasteiger partial charge is 0.756 e. The molecule has 354 valence electrons.